The van der Waals surface area contributed by atoms with Gasteiger partial charge in [-0.2, -0.15) is 0 Å². The molecule has 0 spiro atoms. The number of nitro groups is 1. The molecule has 5 nitrogen and oxygen atoms in total. The molecule has 0 saturated heterocycles. The fourth-order valence-corrected chi connectivity index (χ4v) is 1.27. The van der Waals surface area contributed by atoms with E-state index in [1.54, 1.807) is 0 Å². The average molecular weight is 334 g/mol. The number of hydrogen-bond donors (Lipinski definition) is 0. The van der Waals surface area contributed by atoms with Gasteiger partial charge in [-0.05, 0) is 22.6 Å². The SMILES string of the molecule is O=[N+]([O-])c1cnc(OC(F)(F)F)c(I)c1. The van der Waals surface area contributed by atoms with E-state index in [0.29, 0.717) is 6.20 Å². The lowest BCUT2D eigenvalue weighted by Crippen LogP contribution is -2.18. The van der Waals surface area contributed by atoms with E-state index in [-0.39, 0.29) is 3.57 Å². The van der Waals surface area contributed by atoms with Gasteiger partial charge >= 0.3 is 6.36 Å². The Hall–Kier alpha value is -1.13. The van der Waals surface area contributed by atoms with Gasteiger partial charge in [0, 0.05) is 6.07 Å². The van der Waals surface area contributed by atoms with E-state index < -0.39 is 22.9 Å². The zero-order chi connectivity index (χ0) is 11.6. The van der Waals surface area contributed by atoms with E-state index in [1.165, 1.54) is 22.6 Å². The summed E-state index contributed by atoms with van der Waals surface area (Å²) in [6, 6.07) is 0.939. The fraction of sp³-hybridized carbons (Fsp3) is 0.167. The molecule has 0 atom stereocenters. The van der Waals surface area contributed by atoms with Crippen molar-refractivity contribution in [1.82, 2.24) is 4.98 Å². The van der Waals surface area contributed by atoms with Crippen LogP contribution in [0, 0.1) is 13.7 Å². The highest BCUT2D eigenvalue weighted by Gasteiger charge is 2.33. The van der Waals surface area contributed by atoms with Crippen molar-refractivity contribution >= 4 is 28.3 Å². The third kappa shape index (κ3) is 3.49. The van der Waals surface area contributed by atoms with Crippen molar-refractivity contribution in [1.29, 1.82) is 0 Å². The Balaban J connectivity index is 2.99. The lowest BCUT2D eigenvalue weighted by Gasteiger charge is -2.08. The zero-order valence-corrected chi connectivity index (χ0v) is 8.94. The summed E-state index contributed by atoms with van der Waals surface area (Å²) in [5, 5.41) is 10.2. The molecule has 82 valence electrons. The summed E-state index contributed by atoms with van der Waals surface area (Å²) in [7, 11) is 0. The molecule has 0 unspecified atom stereocenters. The van der Waals surface area contributed by atoms with Crippen LogP contribution in [0.1, 0.15) is 0 Å². The van der Waals surface area contributed by atoms with Gasteiger partial charge in [0.15, 0.2) is 0 Å². The van der Waals surface area contributed by atoms with Gasteiger partial charge in [0.2, 0.25) is 5.88 Å². The monoisotopic (exact) mass is 334 g/mol. The lowest BCUT2D eigenvalue weighted by molar-refractivity contribution is -0.385. The number of aromatic nitrogens is 1. The number of nitrogens with zero attached hydrogens (tertiary/aromatic N) is 2. The minimum Gasteiger partial charge on any atom is -0.387 e. The molecule has 0 saturated carbocycles. The van der Waals surface area contributed by atoms with E-state index >= 15 is 0 Å². The fourth-order valence-electron chi connectivity index (χ4n) is 0.700. The van der Waals surface area contributed by atoms with Crippen molar-refractivity contribution in [2.75, 3.05) is 0 Å². The molecule has 15 heavy (non-hydrogen) atoms. The Labute approximate surface area is 94.5 Å². The minimum absolute atomic E-state index is 0.0841. The Morgan fingerprint density at radius 1 is 1.53 bits per heavy atom. The molecule has 1 aromatic rings. The molecule has 1 aromatic heterocycles. The number of ether oxygens (including phenoxy) is 1. The second kappa shape index (κ2) is 4.16. The maximum absolute atomic E-state index is 11.8. The van der Waals surface area contributed by atoms with Crippen molar-refractivity contribution in [3.05, 3.63) is 25.9 Å². The molecule has 0 fully saturated rings. The van der Waals surface area contributed by atoms with Gasteiger partial charge in [0.05, 0.1) is 8.49 Å². The van der Waals surface area contributed by atoms with Crippen LogP contribution in [0.25, 0.3) is 0 Å². The second-order valence-electron chi connectivity index (χ2n) is 2.29. The Kier molecular flexibility index (Phi) is 3.31. The second-order valence-corrected chi connectivity index (χ2v) is 3.45. The van der Waals surface area contributed by atoms with Crippen LogP contribution in [-0.4, -0.2) is 16.3 Å². The summed E-state index contributed by atoms with van der Waals surface area (Å²) < 4.78 is 38.8. The molecular formula is C6H2F3IN2O3. The highest BCUT2D eigenvalue weighted by molar-refractivity contribution is 14.1. The van der Waals surface area contributed by atoms with Crippen LogP contribution in [0.4, 0.5) is 18.9 Å². The van der Waals surface area contributed by atoms with Gasteiger partial charge in [0.25, 0.3) is 5.69 Å². The molecule has 0 aliphatic rings. The predicted molar refractivity (Wildman–Crippen MR) is 50.3 cm³/mol. The van der Waals surface area contributed by atoms with Crippen LogP contribution < -0.4 is 4.74 Å². The molecule has 0 N–H and O–H groups in total. The van der Waals surface area contributed by atoms with Crippen molar-refractivity contribution in [3.63, 3.8) is 0 Å². The van der Waals surface area contributed by atoms with Crippen LogP contribution in [0.2, 0.25) is 0 Å². The third-order valence-electron chi connectivity index (χ3n) is 1.22. The summed E-state index contributed by atoms with van der Waals surface area (Å²) in [4.78, 5) is 12.7. The smallest absolute Gasteiger partial charge is 0.387 e. The third-order valence-corrected chi connectivity index (χ3v) is 1.99. The highest BCUT2D eigenvalue weighted by Crippen LogP contribution is 2.27. The largest absolute Gasteiger partial charge is 0.574 e. The maximum atomic E-state index is 11.8. The number of alkyl halides is 3. The summed E-state index contributed by atoms with van der Waals surface area (Å²) in [5.74, 6) is -0.700. The molecule has 0 aliphatic heterocycles. The van der Waals surface area contributed by atoms with E-state index in [2.05, 4.69) is 9.72 Å². The van der Waals surface area contributed by atoms with Crippen LogP contribution in [0.3, 0.4) is 0 Å². The topological polar surface area (TPSA) is 65.3 Å². The molecule has 0 amide bonds. The van der Waals surface area contributed by atoms with Gasteiger partial charge in [-0.15, -0.1) is 13.2 Å². The van der Waals surface area contributed by atoms with E-state index in [1.807, 2.05) is 0 Å². The first-order chi connectivity index (χ1) is 6.79. The average Bonchev–Trinajstić information content (AvgIpc) is 2.05. The van der Waals surface area contributed by atoms with E-state index in [9.17, 15) is 23.3 Å². The van der Waals surface area contributed by atoms with Crippen LogP contribution in [0.5, 0.6) is 5.88 Å². The first-order valence-corrected chi connectivity index (χ1v) is 4.43. The minimum atomic E-state index is -4.86. The zero-order valence-electron chi connectivity index (χ0n) is 6.79. The molecule has 0 aromatic carbocycles. The van der Waals surface area contributed by atoms with Gasteiger partial charge in [-0.1, -0.05) is 0 Å². The van der Waals surface area contributed by atoms with Gasteiger partial charge < -0.3 is 4.74 Å². The summed E-state index contributed by atoms with van der Waals surface area (Å²) >= 11 is 1.47. The first kappa shape index (κ1) is 11.9. The number of halogens is 4. The number of hydrogen-bond acceptors (Lipinski definition) is 4. The van der Waals surface area contributed by atoms with E-state index in [4.69, 9.17) is 0 Å². The summed E-state index contributed by atoms with van der Waals surface area (Å²) in [6.45, 7) is 0. The van der Waals surface area contributed by atoms with E-state index in [0.717, 1.165) is 6.07 Å². The summed E-state index contributed by atoms with van der Waals surface area (Å²) in [5.41, 5.74) is -0.395. The Morgan fingerprint density at radius 3 is 2.53 bits per heavy atom. The number of rotatable bonds is 2. The standard InChI is InChI=1S/C6H2F3IN2O3/c7-6(8,9)15-5-4(10)1-3(2-11-5)12(13)14/h1-2H. The molecule has 9 heteroatoms. The number of pyridine rings is 1. The molecule has 1 rings (SSSR count). The summed E-state index contributed by atoms with van der Waals surface area (Å²) in [6.07, 6.45) is -4.16. The van der Waals surface area contributed by atoms with Crippen molar-refractivity contribution < 1.29 is 22.8 Å². The van der Waals surface area contributed by atoms with Crippen LogP contribution in [0.15, 0.2) is 12.3 Å². The molecule has 1 heterocycles. The normalized spacial score (nSPS) is 11.2. The molecular weight excluding hydrogens is 332 g/mol. The van der Waals surface area contributed by atoms with Crippen molar-refractivity contribution in [2.24, 2.45) is 0 Å². The van der Waals surface area contributed by atoms with Gasteiger partial charge in [-0.3, -0.25) is 10.1 Å². The highest BCUT2D eigenvalue weighted by atomic mass is 127. The van der Waals surface area contributed by atoms with Crippen LogP contribution in [-0.2, 0) is 0 Å². The van der Waals surface area contributed by atoms with Crippen molar-refractivity contribution in [2.45, 2.75) is 6.36 Å². The molecule has 0 bridgehead atoms. The molecule has 0 radical (unpaired) electrons. The Bertz CT molecular complexity index is 396. The first-order valence-electron chi connectivity index (χ1n) is 3.35. The van der Waals surface area contributed by atoms with Gasteiger partial charge in [-0.25, -0.2) is 4.98 Å². The lowest BCUT2D eigenvalue weighted by atomic mass is 10.4. The Morgan fingerprint density at radius 2 is 2.13 bits per heavy atom. The quantitative estimate of drug-likeness (QED) is 0.474. The molecule has 0 aliphatic carbocycles. The van der Waals surface area contributed by atoms with Gasteiger partial charge in [0.1, 0.15) is 6.20 Å². The van der Waals surface area contributed by atoms with Crippen molar-refractivity contribution in [3.8, 4) is 5.88 Å². The maximum Gasteiger partial charge on any atom is 0.574 e. The van der Waals surface area contributed by atoms with Crippen LogP contribution >= 0.6 is 22.6 Å². The predicted octanol–water partition coefficient (Wildman–Crippen LogP) is 2.49.